The van der Waals surface area contributed by atoms with E-state index in [1.807, 2.05) is 20.8 Å². The van der Waals surface area contributed by atoms with Gasteiger partial charge in [-0.3, -0.25) is 10.1 Å². The van der Waals surface area contributed by atoms with Crippen molar-refractivity contribution in [2.45, 2.75) is 52.2 Å². The van der Waals surface area contributed by atoms with Gasteiger partial charge in [0.1, 0.15) is 17.7 Å². The molecule has 0 aliphatic heterocycles. The molecule has 1 heterocycles. The van der Waals surface area contributed by atoms with Crippen LogP contribution in [-0.4, -0.2) is 31.4 Å². The molecule has 0 aliphatic carbocycles. The topological polar surface area (TPSA) is 80.0 Å². The number of aromatic nitrogens is 3. The Morgan fingerprint density at radius 3 is 2.76 bits per heavy atom. The van der Waals surface area contributed by atoms with Crippen molar-refractivity contribution in [2.75, 3.05) is 0 Å². The summed E-state index contributed by atoms with van der Waals surface area (Å²) in [5, 5.41) is 16.3. The number of nitrogens with zero attached hydrogens (tertiary/aromatic N) is 3. The van der Waals surface area contributed by atoms with E-state index in [4.69, 9.17) is 5.11 Å². The van der Waals surface area contributed by atoms with Crippen molar-refractivity contribution in [3.05, 3.63) is 12.2 Å². The van der Waals surface area contributed by atoms with Crippen molar-refractivity contribution in [3.8, 4) is 0 Å². The molecule has 0 saturated heterocycles. The van der Waals surface area contributed by atoms with Gasteiger partial charge in [-0.15, -0.1) is 0 Å². The SMILES string of the molecule is CCC(C)(NCc1ncnn1C(C)C)C(=O)O. The first-order valence-electron chi connectivity index (χ1n) is 5.77. The van der Waals surface area contributed by atoms with Gasteiger partial charge in [0.2, 0.25) is 0 Å². The third-order valence-electron chi connectivity index (χ3n) is 2.95. The average molecular weight is 240 g/mol. The molecule has 0 spiro atoms. The van der Waals surface area contributed by atoms with Gasteiger partial charge in [-0.05, 0) is 27.2 Å². The fraction of sp³-hybridized carbons (Fsp3) is 0.727. The van der Waals surface area contributed by atoms with Crippen LogP contribution in [0.2, 0.25) is 0 Å². The van der Waals surface area contributed by atoms with Crippen LogP contribution in [-0.2, 0) is 11.3 Å². The summed E-state index contributed by atoms with van der Waals surface area (Å²) in [4.78, 5) is 15.3. The maximum atomic E-state index is 11.1. The maximum Gasteiger partial charge on any atom is 0.323 e. The molecule has 2 N–H and O–H groups in total. The Hall–Kier alpha value is -1.43. The molecule has 1 rings (SSSR count). The highest BCUT2D eigenvalue weighted by molar-refractivity contribution is 5.78. The predicted molar refractivity (Wildman–Crippen MR) is 63.6 cm³/mol. The first-order chi connectivity index (χ1) is 7.90. The monoisotopic (exact) mass is 240 g/mol. The molecule has 0 bridgehead atoms. The Labute approximate surface area is 101 Å². The number of hydrogen-bond donors (Lipinski definition) is 2. The van der Waals surface area contributed by atoms with Crippen LogP contribution in [0, 0.1) is 0 Å². The lowest BCUT2D eigenvalue weighted by Crippen LogP contribution is -2.48. The Morgan fingerprint density at radius 1 is 1.65 bits per heavy atom. The maximum absolute atomic E-state index is 11.1. The van der Waals surface area contributed by atoms with Crippen LogP contribution in [0.15, 0.2) is 6.33 Å². The molecule has 1 aromatic rings. The van der Waals surface area contributed by atoms with Crippen molar-refractivity contribution in [3.63, 3.8) is 0 Å². The molecule has 0 aliphatic rings. The molecule has 1 unspecified atom stereocenters. The highest BCUT2D eigenvalue weighted by Gasteiger charge is 2.30. The third kappa shape index (κ3) is 3.03. The second-order valence-corrected chi connectivity index (χ2v) is 4.56. The summed E-state index contributed by atoms with van der Waals surface area (Å²) in [6, 6.07) is 0.215. The molecule has 0 radical (unpaired) electrons. The normalized spacial score (nSPS) is 14.9. The Kier molecular flexibility index (Phi) is 4.22. The molecular weight excluding hydrogens is 220 g/mol. The molecule has 0 aromatic carbocycles. The summed E-state index contributed by atoms with van der Waals surface area (Å²) >= 11 is 0. The van der Waals surface area contributed by atoms with Crippen molar-refractivity contribution in [1.82, 2.24) is 20.1 Å². The summed E-state index contributed by atoms with van der Waals surface area (Å²) in [6.45, 7) is 7.93. The van der Waals surface area contributed by atoms with Crippen molar-refractivity contribution in [2.24, 2.45) is 0 Å². The minimum atomic E-state index is -0.923. The number of carboxylic acids is 1. The lowest BCUT2D eigenvalue weighted by Gasteiger charge is -2.24. The fourth-order valence-electron chi connectivity index (χ4n) is 1.46. The zero-order valence-electron chi connectivity index (χ0n) is 10.8. The summed E-state index contributed by atoms with van der Waals surface area (Å²) in [5.74, 6) is -0.100. The van der Waals surface area contributed by atoms with Crippen LogP contribution >= 0.6 is 0 Å². The minimum Gasteiger partial charge on any atom is -0.480 e. The Morgan fingerprint density at radius 2 is 2.29 bits per heavy atom. The zero-order valence-corrected chi connectivity index (χ0v) is 10.8. The van der Waals surface area contributed by atoms with Gasteiger partial charge in [0, 0.05) is 6.04 Å². The number of nitrogens with one attached hydrogen (secondary N) is 1. The van der Waals surface area contributed by atoms with E-state index >= 15 is 0 Å². The molecule has 0 fully saturated rings. The van der Waals surface area contributed by atoms with Crippen LogP contribution < -0.4 is 5.32 Å². The quantitative estimate of drug-likeness (QED) is 0.781. The first kappa shape index (κ1) is 13.6. The van der Waals surface area contributed by atoms with E-state index in [0.29, 0.717) is 13.0 Å². The molecule has 1 atom stereocenters. The number of carbonyl (C=O) groups is 1. The van der Waals surface area contributed by atoms with E-state index in [9.17, 15) is 4.79 Å². The van der Waals surface area contributed by atoms with Gasteiger partial charge in [-0.1, -0.05) is 6.92 Å². The number of aliphatic carboxylic acids is 1. The predicted octanol–water partition coefficient (Wildman–Crippen LogP) is 1.20. The summed E-state index contributed by atoms with van der Waals surface area (Å²) in [7, 11) is 0. The highest BCUT2D eigenvalue weighted by atomic mass is 16.4. The Bertz CT molecular complexity index is 389. The second kappa shape index (κ2) is 5.27. The van der Waals surface area contributed by atoms with Crippen LogP contribution in [0.1, 0.15) is 46.0 Å². The van der Waals surface area contributed by atoms with Gasteiger partial charge in [0.25, 0.3) is 0 Å². The average Bonchev–Trinajstić information content (AvgIpc) is 2.73. The number of hydrogen-bond acceptors (Lipinski definition) is 4. The van der Waals surface area contributed by atoms with Crippen molar-refractivity contribution < 1.29 is 9.90 Å². The van der Waals surface area contributed by atoms with E-state index in [2.05, 4.69) is 15.4 Å². The van der Waals surface area contributed by atoms with Gasteiger partial charge in [-0.25, -0.2) is 9.67 Å². The van der Waals surface area contributed by atoms with Gasteiger partial charge >= 0.3 is 5.97 Å². The number of carboxylic acid groups (broad SMARTS) is 1. The molecule has 96 valence electrons. The Balaban J connectivity index is 2.73. The minimum absolute atomic E-state index is 0.215. The van der Waals surface area contributed by atoms with E-state index in [1.54, 1.807) is 11.6 Å². The van der Waals surface area contributed by atoms with Crippen LogP contribution in [0.5, 0.6) is 0 Å². The van der Waals surface area contributed by atoms with Crippen molar-refractivity contribution >= 4 is 5.97 Å². The lowest BCUT2D eigenvalue weighted by molar-refractivity contribution is -0.144. The molecular formula is C11H20N4O2. The third-order valence-corrected chi connectivity index (χ3v) is 2.95. The number of rotatable bonds is 6. The van der Waals surface area contributed by atoms with E-state index in [1.165, 1.54) is 6.33 Å². The molecule has 1 aromatic heterocycles. The largest absolute Gasteiger partial charge is 0.480 e. The van der Waals surface area contributed by atoms with Crippen LogP contribution in [0.3, 0.4) is 0 Å². The van der Waals surface area contributed by atoms with Crippen molar-refractivity contribution in [1.29, 1.82) is 0 Å². The zero-order chi connectivity index (χ0) is 13.1. The summed E-state index contributed by atoms with van der Waals surface area (Å²) < 4.78 is 1.78. The van der Waals surface area contributed by atoms with E-state index in [0.717, 1.165) is 5.82 Å². The van der Waals surface area contributed by atoms with Crippen LogP contribution in [0.4, 0.5) is 0 Å². The van der Waals surface area contributed by atoms with Gasteiger partial charge < -0.3 is 5.11 Å². The molecule has 17 heavy (non-hydrogen) atoms. The van der Waals surface area contributed by atoms with Gasteiger partial charge in [0.15, 0.2) is 0 Å². The molecule has 0 saturated carbocycles. The standard InChI is InChI=1S/C11H20N4O2/c1-5-11(4,10(16)17)13-6-9-12-7-14-15(9)8(2)3/h7-8,13H,5-6H2,1-4H3,(H,16,17). The fourth-order valence-corrected chi connectivity index (χ4v) is 1.46. The van der Waals surface area contributed by atoms with E-state index in [-0.39, 0.29) is 6.04 Å². The van der Waals surface area contributed by atoms with Gasteiger partial charge in [-0.2, -0.15) is 5.10 Å². The molecule has 0 amide bonds. The lowest BCUT2D eigenvalue weighted by atomic mass is 9.99. The van der Waals surface area contributed by atoms with E-state index < -0.39 is 11.5 Å². The first-order valence-corrected chi connectivity index (χ1v) is 5.77. The highest BCUT2D eigenvalue weighted by Crippen LogP contribution is 2.11. The summed E-state index contributed by atoms with van der Waals surface area (Å²) in [5.41, 5.74) is -0.923. The van der Waals surface area contributed by atoms with Gasteiger partial charge in [0.05, 0.1) is 6.54 Å². The second-order valence-electron chi connectivity index (χ2n) is 4.56. The molecule has 6 heteroatoms. The summed E-state index contributed by atoms with van der Waals surface area (Å²) in [6.07, 6.45) is 2.00. The smallest absolute Gasteiger partial charge is 0.323 e. The molecule has 6 nitrogen and oxygen atoms in total. The van der Waals surface area contributed by atoms with Crippen LogP contribution in [0.25, 0.3) is 0 Å².